The number of hydrogen-bond donors (Lipinski definition) is 3. The van der Waals surface area contributed by atoms with Gasteiger partial charge in [0.25, 0.3) is 5.91 Å². The van der Waals surface area contributed by atoms with E-state index >= 15 is 4.39 Å². The lowest BCUT2D eigenvalue weighted by molar-refractivity contribution is -0.127. The van der Waals surface area contributed by atoms with Gasteiger partial charge in [0.1, 0.15) is 35.1 Å². The molecule has 1 aromatic carbocycles. The zero-order valence-electron chi connectivity index (χ0n) is 26.4. The van der Waals surface area contributed by atoms with Crippen molar-refractivity contribution in [3.8, 4) is 29.0 Å². The number of methoxy groups -OCH3 is 1. The second kappa shape index (κ2) is 14.6. The van der Waals surface area contributed by atoms with Gasteiger partial charge in [-0.15, -0.1) is 0 Å². The van der Waals surface area contributed by atoms with Gasteiger partial charge in [0.05, 0.1) is 50.4 Å². The molecule has 0 spiro atoms. The van der Waals surface area contributed by atoms with E-state index in [0.29, 0.717) is 34.9 Å². The van der Waals surface area contributed by atoms with Gasteiger partial charge in [-0.25, -0.2) is 14.4 Å². The van der Waals surface area contributed by atoms with Crippen molar-refractivity contribution < 1.29 is 23.4 Å². The number of hydrogen-bond acceptors (Lipinski definition) is 14. The average Bonchev–Trinajstić information content (AvgIpc) is 3.08. The topological polar surface area (TPSA) is 191 Å². The molecule has 16 heteroatoms. The minimum absolute atomic E-state index is 0.179. The number of piperidine rings is 1. The average molecular weight is 658 g/mol. The summed E-state index contributed by atoms with van der Waals surface area (Å²) in [5.74, 6) is 5.88. The summed E-state index contributed by atoms with van der Waals surface area (Å²) >= 11 is 0. The van der Waals surface area contributed by atoms with Crippen LogP contribution in [0.2, 0.25) is 0 Å². The van der Waals surface area contributed by atoms with Crippen molar-refractivity contribution in [2.24, 2.45) is 10.9 Å². The van der Waals surface area contributed by atoms with E-state index in [2.05, 4.69) is 41.2 Å². The molecular weight excluding hydrogens is 621 g/mol. The number of nitrogens with two attached hydrogens (primary N) is 1. The highest BCUT2D eigenvalue weighted by Gasteiger charge is 2.34. The summed E-state index contributed by atoms with van der Waals surface area (Å²) < 4.78 is 31.9. The van der Waals surface area contributed by atoms with Gasteiger partial charge in [-0.05, 0) is 36.4 Å². The Morgan fingerprint density at radius 2 is 2.00 bits per heavy atom. The summed E-state index contributed by atoms with van der Waals surface area (Å²) in [6.07, 6.45) is 0.297. The van der Waals surface area contributed by atoms with Crippen LogP contribution in [0, 0.1) is 16.7 Å². The molecule has 1 amide bonds. The van der Waals surface area contributed by atoms with E-state index in [1.807, 2.05) is 12.1 Å². The van der Waals surface area contributed by atoms with E-state index in [0.717, 1.165) is 51.3 Å². The number of aromatic nitrogens is 3. The van der Waals surface area contributed by atoms with E-state index in [4.69, 9.17) is 25.5 Å². The van der Waals surface area contributed by atoms with Gasteiger partial charge in [0.2, 0.25) is 11.8 Å². The lowest BCUT2D eigenvalue weighted by Crippen LogP contribution is -2.56. The number of benzene rings is 1. The molecule has 0 saturated carbocycles. The Balaban J connectivity index is 1.10. The zero-order valence-corrected chi connectivity index (χ0v) is 26.4. The number of hydrazone groups is 1. The van der Waals surface area contributed by atoms with Crippen molar-refractivity contribution in [2.45, 2.75) is 24.7 Å². The molecule has 6 rings (SSSR count). The number of nitriles is 1. The Labute approximate surface area is 276 Å². The minimum Gasteiger partial charge on any atom is -0.486 e. The fourth-order valence-corrected chi connectivity index (χ4v) is 5.89. The molecule has 3 aliphatic heterocycles. The molecule has 4 N–H and O–H groups in total. The number of rotatable bonds is 10. The lowest BCUT2D eigenvalue weighted by Gasteiger charge is -2.43. The minimum atomic E-state index is -1.52. The van der Waals surface area contributed by atoms with Crippen LogP contribution in [0.5, 0.6) is 11.6 Å². The summed E-state index contributed by atoms with van der Waals surface area (Å²) in [7, 11) is 1.60. The number of pyridine rings is 1. The van der Waals surface area contributed by atoms with Crippen molar-refractivity contribution in [1.29, 1.82) is 10.7 Å². The van der Waals surface area contributed by atoms with Crippen molar-refractivity contribution in [3.05, 3.63) is 48.2 Å². The number of likely N-dealkylation sites (tertiary alicyclic amines) is 1. The predicted molar refractivity (Wildman–Crippen MR) is 176 cm³/mol. The Morgan fingerprint density at radius 3 is 2.69 bits per heavy atom. The van der Waals surface area contributed by atoms with E-state index in [-0.39, 0.29) is 30.8 Å². The van der Waals surface area contributed by atoms with Gasteiger partial charge in [0, 0.05) is 50.9 Å². The van der Waals surface area contributed by atoms with Crippen LogP contribution in [0.3, 0.4) is 0 Å². The first-order valence-electron chi connectivity index (χ1n) is 15.5. The largest absolute Gasteiger partial charge is 0.486 e. The van der Waals surface area contributed by atoms with Gasteiger partial charge in [-0.2, -0.15) is 15.3 Å². The molecule has 3 fully saturated rings. The van der Waals surface area contributed by atoms with Crippen LogP contribution < -0.4 is 25.5 Å². The van der Waals surface area contributed by atoms with Crippen LogP contribution in [0.1, 0.15) is 12.0 Å². The maximum atomic E-state index is 15.0. The summed E-state index contributed by atoms with van der Waals surface area (Å²) in [6.45, 7) is 5.19. The fourth-order valence-electron chi connectivity index (χ4n) is 5.89. The van der Waals surface area contributed by atoms with E-state index < -0.39 is 23.9 Å². The van der Waals surface area contributed by atoms with Gasteiger partial charge in [-0.1, -0.05) is 0 Å². The quantitative estimate of drug-likeness (QED) is 0.163. The summed E-state index contributed by atoms with van der Waals surface area (Å²) in [6, 6.07) is 13.1. The molecule has 250 valence electrons. The Bertz CT molecular complexity index is 1720. The molecule has 0 radical (unpaired) electrons. The number of carbonyl (C=O) groups excluding carboxylic acids is 1. The number of anilines is 3. The summed E-state index contributed by atoms with van der Waals surface area (Å²) in [5.41, 5.74) is 1.88. The number of nitrogens with zero attached hydrogens (tertiary/aromatic N) is 8. The Kier molecular flexibility index (Phi) is 9.88. The molecule has 0 aliphatic carbocycles. The van der Waals surface area contributed by atoms with Gasteiger partial charge >= 0.3 is 0 Å². The Morgan fingerprint density at radius 1 is 1.19 bits per heavy atom. The summed E-state index contributed by atoms with van der Waals surface area (Å²) in [5, 5.41) is 23.9. The normalized spacial score (nSPS) is 20.2. The number of nitrogens with one attached hydrogen (secondary N) is 2. The van der Waals surface area contributed by atoms with Crippen LogP contribution in [0.4, 0.5) is 21.8 Å². The molecule has 5 heterocycles. The van der Waals surface area contributed by atoms with Gasteiger partial charge in [0.15, 0.2) is 6.17 Å². The molecular formula is C32H36FN11O4. The Hall–Kier alpha value is -5.40. The van der Waals surface area contributed by atoms with Crippen molar-refractivity contribution in [2.75, 3.05) is 69.8 Å². The number of carbonyl (C=O) groups is 1. The van der Waals surface area contributed by atoms with E-state index in [9.17, 15) is 10.1 Å². The number of ether oxygens (including phenoxy) is 3. The summed E-state index contributed by atoms with van der Waals surface area (Å²) in [4.78, 5) is 31.9. The second-order valence-corrected chi connectivity index (χ2v) is 11.6. The first-order valence-corrected chi connectivity index (χ1v) is 15.5. The first-order chi connectivity index (χ1) is 23.4. The highest BCUT2D eigenvalue weighted by atomic mass is 19.1. The zero-order chi connectivity index (χ0) is 33.6. The molecule has 3 aromatic rings. The first kappa shape index (κ1) is 32.5. The highest BCUT2D eigenvalue weighted by molar-refractivity contribution is 6.59. The molecule has 0 unspecified atom stereocenters. The number of amides is 1. The van der Waals surface area contributed by atoms with Crippen LogP contribution in [0.15, 0.2) is 47.7 Å². The van der Waals surface area contributed by atoms with E-state index in [1.54, 1.807) is 37.6 Å². The number of piperazine rings is 1. The third-order valence-electron chi connectivity index (χ3n) is 8.60. The molecule has 3 saturated heterocycles. The van der Waals surface area contributed by atoms with E-state index in [1.165, 1.54) is 4.90 Å². The van der Waals surface area contributed by atoms with Crippen LogP contribution >= 0.6 is 0 Å². The SMILES string of the molecule is COc1nc(Nc2nccc(-c3ccc(O[C@H]4CCN(C(=O)C(=N)C=NN)C[C@H]4F)c(C#N)c3)n2)ccc1N1CCN(C2COC2)CC1. The van der Waals surface area contributed by atoms with Crippen LogP contribution in [0.25, 0.3) is 11.3 Å². The molecule has 0 bridgehead atoms. The standard InChI is InChI=1S/C32H36FN11O4/c1-46-30-26(43-12-10-42(11-13-43)22-18-47-19-22)3-5-29(40-30)41-32-37-8-6-25(39-32)20-2-4-27(21(14-20)15-34)48-28-7-9-44(17-23(28)33)31(45)24(35)16-38-36/h2-6,8,14,16,22-23,28,35H,7,9-13,17-19,36H2,1H3,(H,37,39,40,41)/t23-,28+/m1/s1. The highest BCUT2D eigenvalue weighted by Crippen LogP contribution is 2.32. The van der Waals surface area contributed by atoms with Crippen molar-refractivity contribution in [3.63, 3.8) is 0 Å². The van der Waals surface area contributed by atoms with Gasteiger partial charge < -0.3 is 35.2 Å². The number of alkyl halides is 1. The second-order valence-electron chi connectivity index (χ2n) is 11.6. The third-order valence-corrected chi connectivity index (χ3v) is 8.60. The molecule has 15 nitrogen and oxygen atoms in total. The van der Waals surface area contributed by atoms with Crippen LogP contribution in [-0.2, 0) is 9.53 Å². The smallest absolute Gasteiger partial charge is 0.273 e. The number of halogens is 1. The maximum absolute atomic E-state index is 15.0. The molecule has 48 heavy (non-hydrogen) atoms. The fraction of sp³-hybridized carbons (Fsp3) is 0.406. The maximum Gasteiger partial charge on any atom is 0.273 e. The monoisotopic (exact) mass is 657 g/mol. The van der Waals surface area contributed by atoms with Crippen molar-refractivity contribution in [1.82, 2.24) is 24.8 Å². The van der Waals surface area contributed by atoms with Gasteiger partial charge in [-0.3, -0.25) is 15.1 Å². The molecule has 2 atom stereocenters. The predicted octanol–water partition coefficient (Wildman–Crippen LogP) is 1.97. The third kappa shape index (κ3) is 7.11. The molecule has 3 aliphatic rings. The lowest BCUT2D eigenvalue weighted by atomic mass is 10.0. The van der Waals surface area contributed by atoms with Crippen LogP contribution in [-0.4, -0.2) is 120 Å². The van der Waals surface area contributed by atoms with Crippen molar-refractivity contribution >= 4 is 35.3 Å². The molecule has 2 aromatic heterocycles.